The number of hydrogen-bond donors (Lipinski definition) is 0. The first kappa shape index (κ1) is 13.1. The quantitative estimate of drug-likeness (QED) is 0.765. The van der Waals surface area contributed by atoms with Crippen LogP contribution < -0.4 is 4.90 Å². The molecule has 0 radical (unpaired) electrons. The van der Waals surface area contributed by atoms with Gasteiger partial charge in [0.25, 0.3) is 0 Å². The predicted octanol–water partition coefficient (Wildman–Crippen LogP) is 2.34. The smallest absolute Gasteiger partial charge is 0.150 e. The van der Waals surface area contributed by atoms with Gasteiger partial charge in [0.1, 0.15) is 6.29 Å². The van der Waals surface area contributed by atoms with Gasteiger partial charge in [-0.25, -0.2) is 0 Å². The van der Waals surface area contributed by atoms with Gasteiger partial charge >= 0.3 is 0 Å². The number of nitrogens with zero attached hydrogens (tertiary/aromatic N) is 2. The molecule has 98 valence electrons. The third-order valence-electron chi connectivity index (χ3n) is 3.88. The van der Waals surface area contributed by atoms with E-state index in [0.29, 0.717) is 6.04 Å². The van der Waals surface area contributed by atoms with Crippen molar-refractivity contribution in [2.24, 2.45) is 0 Å². The fourth-order valence-electron chi connectivity index (χ4n) is 2.80. The van der Waals surface area contributed by atoms with Gasteiger partial charge in [0.15, 0.2) is 0 Å². The molecule has 1 aromatic rings. The van der Waals surface area contributed by atoms with Crippen LogP contribution in [0.15, 0.2) is 18.2 Å². The van der Waals surface area contributed by atoms with Crippen LogP contribution in [0.3, 0.4) is 0 Å². The zero-order valence-electron chi connectivity index (χ0n) is 11.5. The summed E-state index contributed by atoms with van der Waals surface area (Å²) in [5.41, 5.74) is 3.17. The number of anilines is 1. The third kappa shape index (κ3) is 2.72. The number of hydrogen-bond acceptors (Lipinski definition) is 3. The van der Waals surface area contributed by atoms with Crippen molar-refractivity contribution in [1.82, 2.24) is 4.90 Å². The summed E-state index contributed by atoms with van der Waals surface area (Å²) in [5, 5.41) is 0. The summed E-state index contributed by atoms with van der Waals surface area (Å²) in [6.45, 7) is 4.39. The summed E-state index contributed by atoms with van der Waals surface area (Å²) >= 11 is 0. The van der Waals surface area contributed by atoms with Crippen molar-refractivity contribution in [3.63, 3.8) is 0 Å². The molecule has 1 atom stereocenters. The van der Waals surface area contributed by atoms with E-state index in [0.717, 1.165) is 18.4 Å². The second-order valence-corrected chi connectivity index (χ2v) is 5.33. The van der Waals surface area contributed by atoms with E-state index in [9.17, 15) is 4.79 Å². The average Bonchev–Trinajstić information content (AvgIpc) is 2.37. The Hall–Kier alpha value is -1.35. The van der Waals surface area contributed by atoms with Gasteiger partial charge < -0.3 is 9.80 Å². The van der Waals surface area contributed by atoms with Crippen molar-refractivity contribution in [3.05, 3.63) is 29.3 Å². The number of aldehydes is 1. The van der Waals surface area contributed by atoms with E-state index in [1.807, 2.05) is 12.1 Å². The maximum Gasteiger partial charge on any atom is 0.150 e. The molecule has 0 aromatic heterocycles. The van der Waals surface area contributed by atoms with E-state index in [1.165, 1.54) is 30.6 Å². The summed E-state index contributed by atoms with van der Waals surface area (Å²) in [4.78, 5) is 15.5. The van der Waals surface area contributed by atoms with Crippen LogP contribution in [0.25, 0.3) is 0 Å². The Morgan fingerprint density at radius 3 is 2.83 bits per heavy atom. The van der Waals surface area contributed by atoms with Gasteiger partial charge in [0.05, 0.1) is 0 Å². The van der Waals surface area contributed by atoms with E-state index < -0.39 is 0 Å². The largest absolute Gasteiger partial charge is 0.370 e. The topological polar surface area (TPSA) is 23.6 Å². The lowest BCUT2D eigenvalue weighted by Gasteiger charge is -2.37. The third-order valence-corrected chi connectivity index (χ3v) is 3.88. The van der Waals surface area contributed by atoms with Crippen molar-refractivity contribution in [2.75, 3.05) is 32.1 Å². The van der Waals surface area contributed by atoms with E-state index in [2.05, 4.69) is 36.9 Å². The zero-order chi connectivity index (χ0) is 13.1. The Balaban J connectivity index is 2.17. The van der Waals surface area contributed by atoms with Crippen LogP contribution in [0.2, 0.25) is 0 Å². The molecule has 1 saturated heterocycles. The van der Waals surface area contributed by atoms with Gasteiger partial charge in [-0.3, -0.25) is 4.79 Å². The van der Waals surface area contributed by atoms with E-state index >= 15 is 0 Å². The normalized spacial score (nSPS) is 20.7. The van der Waals surface area contributed by atoms with Crippen LogP contribution in [0.4, 0.5) is 5.69 Å². The highest BCUT2D eigenvalue weighted by Gasteiger charge is 2.22. The standard InChI is InChI=1S/C15H22N2O/c1-12-9-13(11-18)6-7-15(12)17(3)14-5-4-8-16(2)10-14/h6-7,9,11,14H,4-5,8,10H2,1-3H3. The monoisotopic (exact) mass is 246 g/mol. The molecular formula is C15H22N2O. The number of carbonyl (C=O) groups excluding carboxylic acids is 1. The van der Waals surface area contributed by atoms with Crippen molar-refractivity contribution >= 4 is 12.0 Å². The lowest BCUT2D eigenvalue weighted by Crippen LogP contribution is -2.45. The molecule has 1 aliphatic heterocycles. The average molecular weight is 246 g/mol. The van der Waals surface area contributed by atoms with Gasteiger partial charge in [0, 0.05) is 30.9 Å². The Labute approximate surface area is 109 Å². The van der Waals surface area contributed by atoms with Crippen LogP contribution >= 0.6 is 0 Å². The molecule has 0 saturated carbocycles. The minimum atomic E-state index is 0.574. The Morgan fingerprint density at radius 2 is 2.22 bits per heavy atom. The maximum absolute atomic E-state index is 10.8. The van der Waals surface area contributed by atoms with Gasteiger partial charge in [-0.05, 0) is 57.1 Å². The fourth-order valence-corrected chi connectivity index (χ4v) is 2.80. The van der Waals surface area contributed by atoms with Crippen molar-refractivity contribution in [2.45, 2.75) is 25.8 Å². The van der Waals surface area contributed by atoms with E-state index in [-0.39, 0.29) is 0 Å². The summed E-state index contributed by atoms with van der Waals surface area (Å²) in [5.74, 6) is 0. The van der Waals surface area contributed by atoms with Gasteiger partial charge in [-0.1, -0.05) is 0 Å². The first-order valence-electron chi connectivity index (χ1n) is 6.59. The first-order chi connectivity index (χ1) is 8.61. The summed E-state index contributed by atoms with van der Waals surface area (Å²) in [6, 6.07) is 6.50. The number of likely N-dealkylation sites (tertiary alicyclic amines) is 1. The molecule has 0 aliphatic carbocycles. The zero-order valence-corrected chi connectivity index (χ0v) is 11.5. The maximum atomic E-state index is 10.8. The number of aryl methyl sites for hydroxylation is 1. The number of rotatable bonds is 3. The SMILES string of the molecule is Cc1cc(C=O)ccc1N(C)C1CCCN(C)C1. The highest BCUT2D eigenvalue weighted by molar-refractivity contribution is 5.77. The molecule has 0 amide bonds. The molecule has 1 aliphatic rings. The fraction of sp³-hybridized carbons (Fsp3) is 0.533. The summed E-state index contributed by atoms with van der Waals surface area (Å²) in [6.07, 6.45) is 3.41. The molecule has 3 heteroatoms. The molecule has 1 heterocycles. The lowest BCUT2D eigenvalue weighted by molar-refractivity contribution is 0.112. The molecule has 0 N–H and O–H groups in total. The number of carbonyl (C=O) groups is 1. The van der Waals surface area contributed by atoms with Crippen LogP contribution in [-0.4, -0.2) is 44.4 Å². The molecule has 2 rings (SSSR count). The molecule has 1 unspecified atom stereocenters. The van der Waals surface area contributed by atoms with Gasteiger partial charge in [-0.2, -0.15) is 0 Å². The lowest BCUT2D eigenvalue weighted by atomic mass is 10.0. The van der Waals surface area contributed by atoms with Crippen molar-refractivity contribution in [1.29, 1.82) is 0 Å². The molecule has 3 nitrogen and oxygen atoms in total. The molecule has 1 fully saturated rings. The summed E-state index contributed by atoms with van der Waals surface area (Å²) < 4.78 is 0. The van der Waals surface area contributed by atoms with Crippen LogP contribution in [0, 0.1) is 6.92 Å². The van der Waals surface area contributed by atoms with Crippen LogP contribution in [-0.2, 0) is 0 Å². The Kier molecular flexibility index (Phi) is 4.02. The number of piperidine rings is 1. The molecule has 0 spiro atoms. The van der Waals surface area contributed by atoms with Crippen LogP contribution in [0.5, 0.6) is 0 Å². The summed E-state index contributed by atoms with van der Waals surface area (Å²) in [7, 11) is 4.34. The molecule has 0 bridgehead atoms. The molecule has 18 heavy (non-hydrogen) atoms. The van der Waals surface area contributed by atoms with E-state index in [4.69, 9.17) is 0 Å². The minimum Gasteiger partial charge on any atom is -0.370 e. The predicted molar refractivity (Wildman–Crippen MR) is 75.5 cm³/mol. The minimum absolute atomic E-state index is 0.574. The molecular weight excluding hydrogens is 224 g/mol. The number of benzene rings is 1. The van der Waals surface area contributed by atoms with Gasteiger partial charge in [0.2, 0.25) is 0 Å². The molecule has 1 aromatic carbocycles. The Bertz CT molecular complexity index is 431. The highest BCUT2D eigenvalue weighted by Crippen LogP contribution is 2.24. The second kappa shape index (κ2) is 5.53. The second-order valence-electron chi connectivity index (χ2n) is 5.33. The highest BCUT2D eigenvalue weighted by atomic mass is 16.1. The van der Waals surface area contributed by atoms with Crippen LogP contribution in [0.1, 0.15) is 28.8 Å². The number of likely N-dealkylation sites (N-methyl/N-ethyl adjacent to an activating group) is 2. The Morgan fingerprint density at radius 1 is 1.44 bits per heavy atom. The first-order valence-corrected chi connectivity index (χ1v) is 6.59. The van der Waals surface area contributed by atoms with E-state index in [1.54, 1.807) is 0 Å². The van der Waals surface area contributed by atoms with Gasteiger partial charge in [-0.15, -0.1) is 0 Å². The van der Waals surface area contributed by atoms with Crippen molar-refractivity contribution in [3.8, 4) is 0 Å². The van der Waals surface area contributed by atoms with Crippen molar-refractivity contribution < 1.29 is 4.79 Å².